The normalized spacial score (nSPS) is 12.6. The zero-order chi connectivity index (χ0) is 11.4. The summed E-state index contributed by atoms with van der Waals surface area (Å²) < 4.78 is 4.69. The Kier molecular flexibility index (Phi) is 3.89. The van der Waals surface area contributed by atoms with Crippen molar-refractivity contribution in [1.29, 1.82) is 0 Å². The third-order valence-corrected chi connectivity index (χ3v) is 2.83. The molecule has 0 fully saturated rings. The first kappa shape index (κ1) is 11.8. The predicted molar refractivity (Wildman–Crippen MR) is 61.0 cm³/mol. The summed E-state index contributed by atoms with van der Waals surface area (Å²) in [4.78, 5) is 11.3. The van der Waals surface area contributed by atoms with Gasteiger partial charge in [-0.05, 0) is 29.5 Å². The molecule has 15 heavy (non-hydrogen) atoms. The first-order valence-corrected chi connectivity index (χ1v) is 5.24. The molecule has 1 aromatic rings. The Balaban J connectivity index is 2.97. The maximum absolute atomic E-state index is 11.3. The molecule has 0 aliphatic rings. The molecule has 0 spiro atoms. The molecule has 0 saturated carbocycles. The quantitative estimate of drug-likeness (QED) is 0.710. The number of hydrogen-bond donors (Lipinski definition) is 0. The van der Waals surface area contributed by atoms with E-state index in [4.69, 9.17) is 4.74 Å². The topological polar surface area (TPSA) is 26.3 Å². The molecule has 2 nitrogen and oxygen atoms in total. The third-order valence-electron chi connectivity index (χ3n) is 2.83. The fraction of sp³-hybridized carbons (Fsp3) is 0.462. The number of ether oxygens (including phenoxy) is 1. The number of carbonyl (C=O) groups is 1. The Morgan fingerprint density at radius 2 is 1.93 bits per heavy atom. The van der Waals surface area contributed by atoms with Gasteiger partial charge in [-0.3, -0.25) is 0 Å². The predicted octanol–water partition coefficient (Wildman–Crippen LogP) is 3.23. The maximum Gasteiger partial charge on any atom is 0.337 e. The minimum atomic E-state index is -0.271. The Morgan fingerprint density at radius 3 is 2.47 bits per heavy atom. The maximum atomic E-state index is 11.3. The van der Waals surface area contributed by atoms with Crippen LogP contribution in [0.15, 0.2) is 24.3 Å². The summed E-state index contributed by atoms with van der Waals surface area (Å²) in [5, 5.41) is 0. The highest BCUT2D eigenvalue weighted by Crippen LogP contribution is 2.24. The molecule has 0 heterocycles. The van der Waals surface area contributed by atoms with Gasteiger partial charge in [-0.1, -0.05) is 32.9 Å². The second-order valence-corrected chi connectivity index (χ2v) is 4.15. The van der Waals surface area contributed by atoms with Gasteiger partial charge < -0.3 is 4.74 Å². The van der Waals surface area contributed by atoms with Crippen molar-refractivity contribution in [3.05, 3.63) is 35.4 Å². The van der Waals surface area contributed by atoms with Crippen molar-refractivity contribution in [3.63, 3.8) is 0 Å². The van der Waals surface area contributed by atoms with Crippen molar-refractivity contribution >= 4 is 5.97 Å². The van der Waals surface area contributed by atoms with Crippen LogP contribution >= 0.6 is 0 Å². The lowest BCUT2D eigenvalue weighted by Crippen LogP contribution is -2.05. The molecule has 0 saturated heterocycles. The second kappa shape index (κ2) is 4.96. The van der Waals surface area contributed by atoms with Crippen molar-refractivity contribution in [2.75, 3.05) is 7.11 Å². The second-order valence-electron chi connectivity index (χ2n) is 4.15. The number of carbonyl (C=O) groups excluding carboxylic acids is 1. The molecule has 1 rings (SSSR count). The first-order valence-electron chi connectivity index (χ1n) is 5.24. The van der Waals surface area contributed by atoms with Gasteiger partial charge in [-0.2, -0.15) is 0 Å². The van der Waals surface area contributed by atoms with Crippen molar-refractivity contribution in [2.45, 2.75) is 26.7 Å². The van der Waals surface area contributed by atoms with Gasteiger partial charge in [0.15, 0.2) is 0 Å². The van der Waals surface area contributed by atoms with E-state index in [2.05, 4.69) is 26.8 Å². The van der Waals surface area contributed by atoms with Crippen LogP contribution in [0.4, 0.5) is 0 Å². The molecule has 1 unspecified atom stereocenters. The molecule has 0 bridgehead atoms. The van der Waals surface area contributed by atoms with Gasteiger partial charge in [0.2, 0.25) is 0 Å². The van der Waals surface area contributed by atoms with Crippen LogP contribution in [-0.4, -0.2) is 13.1 Å². The van der Waals surface area contributed by atoms with Crippen LogP contribution in [0.5, 0.6) is 0 Å². The molecule has 1 aromatic carbocycles. The number of hydrogen-bond acceptors (Lipinski definition) is 2. The number of methoxy groups -OCH3 is 1. The molecular weight excluding hydrogens is 188 g/mol. The van der Waals surface area contributed by atoms with Crippen molar-refractivity contribution < 1.29 is 9.53 Å². The Morgan fingerprint density at radius 1 is 1.27 bits per heavy atom. The van der Waals surface area contributed by atoms with E-state index in [-0.39, 0.29) is 5.97 Å². The Labute approximate surface area is 91.3 Å². The summed E-state index contributed by atoms with van der Waals surface area (Å²) in [6, 6.07) is 7.65. The van der Waals surface area contributed by atoms with Crippen molar-refractivity contribution in [1.82, 2.24) is 0 Å². The highest BCUT2D eigenvalue weighted by Gasteiger charge is 2.12. The molecule has 82 valence electrons. The fourth-order valence-electron chi connectivity index (χ4n) is 1.45. The standard InChI is InChI=1S/C13H18O2/c1-9(2)10(3)11-6-5-7-12(8-11)13(14)15-4/h5-10H,1-4H3. The van der Waals surface area contributed by atoms with Crippen LogP contribution in [0.3, 0.4) is 0 Å². The molecule has 0 N–H and O–H groups in total. The average molecular weight is 206 g/mol. The van der Waals surface area contributed by atoms with E-state index in [9.17, 15) is 4.79 Å². The highest BCUT2D eigenvalue weighted by atomic mass is 16.5. The van der Waals surface area contributed by atoms with Gasteiger partial charge in [0.05, 0.1) is 12.7 Å². The summed E-state index contributed by atoms with van der Waals surface area (Å²) in [7, 11) is 1.40. The van der Waals surface area contributed by atoms with Gasteiger partial charge in [-0.15, -0.1) is 0 Å². The zero-order valence-corrected chi connectivity index (χ0v) is 9.78. The highest BCUT2D eigenvalue weighted by molar-refractivity contribution is 5.89. The van der Waals surface area contributed by atoms with E-state index in [0.717, 1.165) is 0 Å². The first-order chi connectivity index (χ1) is 7.06. The van der Waals surface area contributed by atoms with E-state index in [0.29, 0.717) is 17.4 Å². The van der Waals surface area contributed by atoms with Crippen LogP contribution in [-0.2, 0) is 4.74 Å². The van der Waals surface area contributed by atoms with Gasteiger partial charge in [0.25, 0.3) is 0 Å². The zero-order valence-electron chi connectivity index (χ0n) is 9.78. The van der Waals surface area contributed by atoms with E-state index in [1.807, 2.05) is 12.1 Å². The number of esters is 1. The Bertz CT molecular complexity index is 342. The summed E-state index contributed by atoms with van der Waals surface area (Å²) >= 11 is 0. The van der Waals surface area contributed by atoms with E-state index < -0.39 is 0 Å². The average Bonchev–Trinajstić information content (AvgIpc) is 2.27. The Hall–Kier alpha value is -1.31. The molecule has 0 aromatic heterocycles. The van der Waals surface area contributed by atoms with Crippen molar-refractivity contribution in [3.8, 4) is 0 Å². The molecule has 1 atom stereocenters. The lowest BCUT2D eigenvalue weighted by atomic mass is 9.89. The van der Waals surface area contributed by atoms with Gasteiger partial charge in [-0.25, -0.2) is 4.79 Å². The largest absolute Gasteiger partial charge is 0.465 e. The van der Waals surface area contributed by atoms with Crippen molar-refractivity contribution in [2.24, 2.45) is 5.92 Å². The van der Waals surface area contributed by atoms with E-state index in [1.54, 1.807) is 6.07 Å². The van der Waals surface area contributed by atoms with Gasteiger partial charge in [0, 0.05) is 0 Å². The number of rotatable bonds is 3. The van der Waals surface area contributed by atoms with E-state index in [1.165, 1.54) is 12.7 Å². The summed E-state index contributed by atoms with van der Waals surface area (Å²) in [5.74, 6) is 0.750. The molecule has 2 heteroatoms. The molecule has 0 aliphatic heterocycles. The summed E-state index contributed by atoms with van der Waals surface area (Å²) in [6.45, 7) is 6.52. The van der Waals surface area contributed by atoms with Gasteiger partial charge >= 0.3 is 5.97 Å². The lowest BCUT2D eigenvalue weighted by Gasteiger charge is -2.16. The van der Waals surface area contributed by atoms with E-state index >= 15 is 0 Å². The SMILES string of the molecule is COC(=O)c1cccc(C(C)C(C)C)c1. The minimum absolute atomic E-state index is 0.271. The number of benzene rings is 1. The lowest BCUT2D eigenvalue weighted by molar-refractivity contribution is 0.0600. The smallest absolute Gasteiger partial charge is 0.337 e. The van der Waals surface area contributed by atoms with Crippen LogP contribution in [0.25, 0.3) is 0 Å². The molecule has 0 radical (unpaired) electrons. The molecule has 0 aliphatic carbocycles. The van der Waals surface area contributed by atoms with Gasteiger partial charge in [0.1, 0.15) is 0 Å². The third kappa shape index (κ3) is 2.82. The molecular formula is C13H18O2. The molecule has 0 amide bonds. The minimum Gasteiger partial charge on any atom is -0.465 e. The summed E-state index contributed by atoms with van der Waals surface area (Å²) in [6.07, 6.45) is 0. The van der Waals surface area contributed by atoms with Crippen LogP contribution < -0.4 is 0 Å². The monoisotopic (exact) mass is 206 g/mol. The fourth-order valence-corrected chi connectivity index (χ4v) is 1.45. The van der Waals surface area contributed by atoms with Crippen LogP contribution in [0.2, 0.25) is 0 Å². The van der Waals surface area contributed by atoms with Crippen LogP contribution in [0.1, 0.15) is 42.6 Å². The summed E-state index contributed by atoms with van der Waals surface area (Å²) in [5.41, 5.74) is 1.82. The van der Waals surface area contributed by atoms with Crippen LogP contribution in [0, 0.1) is 5.92 Å².